The monoisotopic (exact) mass is 285 g/mol. The Bertz CT molecular complexity index is 871. The summed E-state index contributed by atoms with van der Waals surface area (Å²) in [5, 5.41) is 11.8. The van der Waals surface area contributed by atoms with Gasteiger partial charge in [0.25, 0.3) is 0 Å². The van der Waals surface area contributed by atoms with E-state index in [1.807, 2.05) is 12.1 Å². The van der Waals surface area contributed by atoms with E-state index in [1.54, 1.807) is 0 Å². The van der Waals surface area contributed by atoms with Crippen molar-refractivity contribution >= 4 is 10.8 Å². The molecule has 0 unspecified atom stereocenters. The number of hydrogen-bond acceptors (Lipinski definition) is 1. The molecule has 3 aromatic carbocycles. The number of nitriles is 1. The normalized spacial score (nSPS) is 11.4. The van der Waals surface area contributed by atoms with Gasteiger partial charge < -0.3 is 0 Å². The second-order valence-electron chi connectivity index (χ2n) is 6.69. The Labute approximate surface area is 131 Å². The van der Waals surface area contributed by atoms with E-state index in [9.17, 15) is 5.26 Å². The van der Waals surface area contributed by atoms with Crippen LogP contribution in [0.4, 0.5) is 0 Å². The third-order valence-electron chi connectivity index (χ3n) is 4.03. The standard InChI is InChI=1S/C21H19N/c1-21(2,3)18-12-15(14-22)11-17(13-18)20-10-6-8-16-7-4-5-9-19(16)20/h4-13H,1-3H3. The third kappa shape index (κ3) is 2.61. The first-order chi connectivity index (χ1) is 10.5. The van der Waals surface area contributed by atoms with Gasteiger partial charge in [-0.15, -0.1) is 0 Å². The maximum atomic E-state index is 9.36. The van der Waals surface area contributed by atoms with Crippen LogP contribution in [0.25, 0.3) is 21.9 Å². The minimum Gasteiger partial charge on any atom is -0.192 e. The van der Waals surface area contributed by atoms with Crippen molar-refractivity contribution in [2.24, 2.45) is 0 Å². The number of benzene rings is 3. The zero-order valence-electron chi connectivity index (χ0n) is 13.2. The molecule has 0 amide bonds. The van der Waals surface area contributed by atoms with Crippen LogP contribution in [0.1, 0.15) is 31.9 Å². The number of rotatable bonds is 1. The van der Waals surface area contributed by atoms with Gasteiger partial charge in [-0.2, -0.15) is 5.26 Å². The van der Waals surface area contributed by atoms with Crippen molar-refractivity contribution in [3.05, 3.63) is 71.8 Å². The molecule has 0 aliphatic carbocycles. The molecule has 0 spiro atoms. The fraction of sp³-hybridized carbons (Fsp3) is 0.190. The molecule has 0 heterocycles. The van der Waals surface area contributed by atoms with Gasteiger partial charge in [-0.1, -0.05) is 69.3 Å². The van der Waals surface area contributed by atoms with Gasteiger partial charge in [0.15, 0.2) is 0 Å². The molecule has 1 heteroatoms. The van der Waals surface area contributed by atoms with Crippen LogP contribution in [0.5, 0.6) is 0 Å². The molecule has 0 saturated carbocycles. The predicted octanol–water partition coefficient (Wildman–Crippen LogP) is 5.68. The number of nitrogens with zero attached hydrogens (tertiary/aromatic N) is 1. The lowest BCUT2D eigenvalue weighted by atomic mass is 9.84. The van der Waals surface area contributed by atoms with Crippen LogP contribution in [-0.4, -0.2) is 0 Å². The Balaban J connectivity index is 2.29. The molecule has 0 atom stereocenters. The van der Waals surface area contributed by atoms with E-state index >= 15 is 0 Å². The first kappa shape index (κ1) is 14.4. The van der Waals surface area contributed by atoms with E-state index in [0.717, 1.165) is 11.1 Å². The molecule has 0 aromatic heterocycles. The molecule has 0 bridgehead atoms. The zero-order valence-corrected chi connectivity index (χ0v) is 13.2. The Morgan fingerprint density at radius 1 is 0.864 bits per heavy atom. The van der Waals surface area contributed by atoms with Crippen LogP contribution in [0.3, 0.4) is 0 Å². The summed E-state index contributed by atoms with van der Waals surface area (Å²) in [6.07, 6.45) is 0. The molecule has 0 N–H and O–H groups in total. The summed E-state index contributed by atoms with van der Waals surface area (Å²) in [5.74, 6) is 0. The molecular weight excluding hydrogens is 266 g/mol. The highest BCUT2D eigenvalue weighted by molar-refractivity contribution is 5.96. The first-order valence-electron chi connectivity index (χ1n) is 7.53. The molecule has 3 rings (SSSR count). The lowest BCUT2D eigenvalue weighted by Gasteiger charge is -2.20. The van der Waals surface area contributed by atoms with Crippen molar-refractivity contribution < 1.29 is 0 Å². The summed E-state index contributed by atoms with van der Waals surface area (Å²) in [7, 11) is 0. The Hall–Kier alpha value is -2.59. The second-order valence-corrected chi connectivity index (χ2v) is 6.69. The Morgan fingerprint density at radius 3 is 2.32 bits per heavy atom. The zero-order chi connectivity index (χ0) is 15.7. The van der Waals surface area contributed by atoms with Gasteiger partial charge in [-0.25, -0.2) is 0 Å². The summed E-state index contributed by atoms with van der Waals surface area (Å²) in [5.41, 5.74) is 4.22. The van der Waals surface area contributed by atoms with E-state index in [-0.39, 0.29) is 5.41 Å². The van der Waals surface area contributed by atoms with E-state index < -0.39 is 0 Å². The molecule has 108 valence electrons. The highest BCUT2D eigenvalue weighted by Crippen LogP contribution is 2.33. The molecule has 0 aliphatic heterocycles. The SMILES string of the molecule is CC(C)(C)c1cc(C#N)cc(-c2cccc3ccccc23)c1. The molecule has 22 heavy (non-hydrogen) atoms. The predicted molar refractivity (Wildman–Crippen MR) is 92.8 cm³/mol. The van der Waals surface area contributed by atoms with Crippen molar-refractivity contribution in [1.82, 2.24) is 0 Å². The maximum absolute atomic E-state index is 9.36. The average molecular weight is 285 g/mol. The van der Waals surface area contributed by atoms with E-state index in [2.05, 4.69) is 75.4 Å². The summed E-state index contributed by atoms with van der Waals surface area (Å²) in [6, 6.07) is 23.2. The van der Waals surface area contributed by atoms with Gasteiger partial charge in [0.2, 0.25) is 0 Å². The van der Waals surface area contributed by atoms with Gasteiger partial charge in [-0.3, -0.25) is 0 Å². The highest BCUT2D eigenvalue weighted by atomic mass is 14.3. The number of hydrogen-bond donors (Lipinski definition) is 0. The van der Waals surface area contributed by atoms with Crippen LogP contribution in [0.2, 0.25) is 0 Å². The Morgan fingerprint density at radius 2 is 1.59 bits per heavy atom. The molecule has 0 saturated heterocycles. The summed E-state index contributed by atoms with van der Waals surface area (Å²) >= 11 is 0. The average Bonchev–Trinajstić information content (AvgIpc) is 2.53. The molecular formula is C21H19N. The molecule has 0 radical (unpaired) electrons. The molecule has 0 fully saturated rings. The van der Waals surface area contributed by atoms with Crippen molar-refractivity contribution in [3.63, 3.8) is 0 Å². The highest BCUT2D eigenvalue weighted by Gasteiger charge is 2.16. The second kappa shape index (κ2) is 5.31. The molecule has 1 nitrogen and oxygen atoms in total. The lowest BCUT2D eigenvalue weighted by molar-refractivity contribution is 0.590. The van der Waals surface area contributed by atoms with Crippen LogP contribution in [0.15, 0.2) is 60.7 Å². The summed E-state index contributed by atoms with van der Waals surface area (Å²) in [4.78, 5) is 0. The smallest absolute Gasteiger partial charge is 0.0991 e. The first-order valence-corrected chi connectivity index (χ1v) is 7.53. The van der Waals surface area contributed by atoms with Crippen molar-refractivity contribution in [3.8, 4) is 17.2 Å². The third-order valence-corrected chi connectivity index (χ3v) is 4.03. The van der Waals surface area contributed by atoms with Crippen LogP contribution >= 0.6 is 0 Å². The fourth-order valence-electron chi connectivity index (χ4n) is 2.76. The van der Waals surface area contributed by atoms with Crippen molar-refractivity contribution in [1.29, 1.82) is 5.26 Å². The van der Waals surface area contributed by atoms with Gasteiger partial charge in [-0.05, 0) is 45.0 Å². The van der Waals surface area contributed by atoms with Crippen LogP contribution < -0.4 is 0 Å². The van der Waals surface area contributed by atoms with Gasteiger partial charge in [0, 0.05) is 0 Å². The Kier molecular flexibility index (Phi) is 3.47. The largest absolute Gasteiger partial charge is 0.192 e. The minimum absolute atomic E-state index is 0.0200. The lowest BCUT2D eigenvalue weighted by Crippen LogP contribution is -2.11. The van der Waals surface area contributed by atoms with Crippen molar-refractivity contribution in [2.75, 3.05) is 0 Å². The van der Waals surface area contributed by atoms with Gasteiger partial charge in [0.05, 0.1) is 11.6 Å². The van der Waals surface area contributed by atoms with Crippen LogP contribution in [0, 0.1) is 11.3 Å². The summed E-state index contributed by atoms with van der Waals surface area (Å²) < 4.78 is 0. The van der Waals surface area contributed by atoms with Crippen molar-refractivity contribution in [2.45, 2.75) is 26.2 Å². The van der Waals surface area contributed by atoms with E-state index in [0.29, 0.717) is 0 Å². The quantitative estimate of drug-likeness (QED) is 0.564. The maximum Gasteiger partial charge on any atom is 0.0991 e. The van der Waals surface area contributed by atoms with Gasteiger partial charge in [0.1, 0.15) is 0 Å². The van der Waals surface area contributed by atoms with Gasteiger partial charge >= 0.3 is 0 Å². The molecule has 3 aromatic rings. The number of fused-ring (bicyclic) bond motifs is 1. The topological polar surface area (TPSA) is 23.8 Å². The molecule has 0 aliphatic rings. The minimum atomic E-state index is 0.0200. The van der Waals surface area contributed by atoms with E-state index in [1.165, 1.54) is 21.9 Å². The van der Waals surface area contributed by atoms with Crippen LogP contribution in [-0.2, 0) is 5.41 Å². The fourth-order valence-corrected chi connectivity index (χ4v) is 2.76. The van der Waals surface area contributed by atoms with E-state index in [4.69, 9.17) is 0 Å². The summed E-state index contributed by atoms with van der Waals surface area (Å²) in [6.45, 7) is 6.53.